The first-order chi connectivity index (χ1) is 14.2. The number of amides is 1. The molecule has 1 fully saturated rings. The lowest BCUT2D eigenvalue weighted by molar-refractivity contribution is 0.0635. The molecule has 4 rings (SSSR count). The van der Waals surface area contributed by atoms with Gasteiger partial charge in [-0.2, -0.15) is 5.10 Å². The standard InChI is InChI=1S/C21H29N5O3S/c1-14(2)25-13-22-20(23-25)18-12-26(30(4,28)29)19-9-8-16(11-17(18)19)21(27)24-10-6-5-7-15(24)3/h8-9,11,13-15,18H,5-7,10,12H2,1-4H3/t15-,18-/m0/s1. The summed E-state index contributed by atoms with van der Waals surface area (Å²) in [7, 11) is -3.45. The van der Waals surface area contributed by atoms with Crippen LogP contribution in [0.25, 0.3) is 0 Å². The number of fused-ring (bicyclic) bond motifs is 1. The Hall–Kier alpha value is -2.42. The van der Waals surface area contributed by atoms with Gasteiger partial charge in [0.05, 0.1) is 17.9 Å². The first kappa shape index (κ1) is 20.8. The maximum atomic E-state index is 13.2. The van der Waals surface area contributed by atoms with Crippen LogP contribution in [0.2, 0.25) is 0 Å². The van der Waals surface area contributed by atoms with Gasteiger partial charge in [-0.1, -0.05) is 0 Å². The number of sulfonamides is 1. The fourth-order valence-electron chi connectivity index (χ4n) is 4.35. The first-order valence-corrected chi connectivity index (χ1v) is 12.4. The fourth-order valence-corrected chi connectivity index (χ4v) is 5.30. The van der Waals surface area contributed by atoms with Crippen molar-refractivity contribution in [3.63, 3.8) is 0 Å². The summed E-state index contributed by atoms with van der Waals surface area (Å²) >= 11 is 0. The van der Waals surface area contributed by atoms with Crippen LogP contribution in [-0.4, -0.2) is 59.4 Å². The van der Waals surface area contributed by atoms with Crippen molar-refractivity contribution in [3.8, 4) is 0 Å². The van der Waals surface area contributed by atoms with E-state index in [2.05, 4.69) is 17.0 Å². The van der Waals surface area contributed by atoms with Crippen LogP contribution in [0.4, 0.5) is 5.69 Å². The van der Waals surface area contributed by atoms with E-state index in [0.29, 0.717) is 17.1 Å². The number of anilines is 1. The van der Waals surface area contributed by atoms with Gasteiger partial charge in [0.2, 0.25) is 10.0 Å². The Bertz CT molecular complexity index is 1060. The average Bonchev–Trinajstić information content (AvgIpc) is 3.32. The number of rotatable bonds is 4. The molecule has 1 amide bonds. The van der Waals surface area contributed by atoms with Gasteiger partial charge in [-0.3, -0.25) is 13.8 Å². The van der Waals surface area contributed by atoms with Crippen molar-refractivity contribution in [3.05, 3.63) is 41.5 Å². The minimum Gasteiger partial charge on any atom is -0.336 e. The smallest absolute Gasteiger partial charge is 0.254 e. The molecule has 1 aromatic carbocycles. The number of piperidine rings is 1. The summed E-state index contributed by atoms with van der Waals surface area (Å²) in [6.07, 6.45) is 6.05. The average molecular weight is 432 g/mol. The molecule has 3 heterocycles. The highest BCUT2D eigenvalue weighted by molar-refractivity contribution is 7.92. The van der Waals surface area contributed by atoms with Gasteiger partial charge in [0.1, 0.15) is 6.33 Å². The van der Waals surface area contributed by atoms with Crippen LogP contribution in [0, 0.1) is 0 Å². The molecule has 2 aliphatic rings. The van der Waals surface area contributed by atoms with Crippen LogP contribution in [0.5, 0.6) is 0 Å². The lowest BCUT2D eigenvalue weighted by Crippen LogP contribution is -2.42. The molecule has 9 heteroatoms. The van der Waals surface area contributed by atoms with Crippen molar-refractivity contribution in [2.45, 2.75) is 58.0 Å². The predicted octanol–water partition coefficient (Wildman–Crippen LogP) is 2.79. The maximum absolute atomic E-state index is 13.2. The Labute approximate surface area is 177 Å². The van der Waals surface area contributed by atoms with E-state index in [1.54, 1.807) is 23.1 Å². The number of hydrogen-bond acceptors (Lipinski definition) is 5. The van der Waals surface area contributed by atoms with E-state index in [1.165, 1.54) is 10.6 Å². The summed E-state index contributed by atoms with van der Waals surface area (Å²) in [5.41, 5.74) is 1.98. The summed E-state index contributed by atoms with van der Waals surface area (Å²) in [5.74, 6) is 0.274. The van der Waals surface area contributed by atoms with Crippen LogP contribution in [0.1, 0.15) is 73.7 Å². The van der Waals surface area contributed by atoms with Gasteiger partial charge >= 0.3 is 0 Å². The largest absolute Gasteiger partial charge is 0.336 e. The van der Waals surface area contributed by atoms with Gasteiger partial charge in [-0.25, -0.2) is 13.4 Å². The summed E-state index contributed by atoms with van der Waals surface area (Å²) < 4.78 is 28.0. The van der Waals surface area contributed by atoms with E-state index < -0.39 is 10.0 Å². The Balaban J connectivity index is 1.74. The van der Waals surface area contributed by atoms with Gasteiger partial charge in [0.15, 0.2) is 5.82 Å². The Morgan fingerprint density at radius 3 is 2.63 bits per heavy atom. The Morgan fingerprint density at radius 2 is 2.00 bits per heavy atom. The third kappa shape index (κ3) is 3.71. The molecule has 0 aliphatic carbocycles. The number of carbonyl (C=O) groups is 1. The first-order valence-electron chi connectivity index (χ1n) is 10.5. The zero-order valence-electron chi connectivity index (χ0n) is 17.9. The monoisotopic (exact) mass is 431 g/mol. The van der Waals surface area contributed by atoms with Gasteiger partial charge < -0.3 is 4.90 Å². The Morgan fingerprint density at radius 1 is 1.23 bits per heavy atom. The number of likely N-dealkylation sites (tertiary alicyclic amines) is 1. The molecule has 30 heavy (non-hydrogen) atoms. The number of nitrogens with zero attached hydrogens (tertiary/aromatic N) is 5. The molecule has 2 atom stereocenters. The zero-order chi connectivity index (χ0) is 21.6. The van der Waals surface area contributed by atoms with Crippen LogP contribution < -0.4 is 4.31 Å². The minimum atomic E-state index is -3.45. The highest BCUT2D eigenvalue weighted by Gasteiger charge is 2.37. The van der Waals surface area contributed by atoms with Crippen LogP contribution in [-0.2, 0) is 10.0 Å². The van der Waals surface area contributed by atoms with Crippen molar-refractivity contribution in [1.82, 2.24) is 19.7 Å². The fraction of sp³-hybridized carbons (Fsp3) is 0.571. The van der Waals surface area contributed by atoms with Crippen molar-refractivity contribution in [1.29, 1.82) is 0 Å². The minimum absolute atomic E-state index is 0.00206. The normalized spacial score (nSPS) is 21.9. The van der Waals surface area contributed by atoms with Crippen molar-refractivity contribution >= 4 is 21.6 Å². The predicted molar refractivity (Wildman–Crippen MR) is 115 cm³/mol. The molecule has 0 bridgehead atoms. The van der Waals surface area contributed by atoms with E-state index >= 15 is 0 Å². The van der Waals surface area contributed by atoms with Crippen LogP contribution in [0.15, 0.2) is 24.5 Å². The third-order valence-corrected chi connectivity index (χ3v) is 7.24. The lowest BCUT2D eigenvalue weighted by atomic mass is 9.97. The molecule has 0 spiro atoms. The lowest BCUT2D eigenvalue weighted by Gasteiger charge is -2.33. The topological polar surface area (TPSA) is 88.4 Å². The number of hydrogen-bond donors (Lipinski definition) is 0. The van der Waals surface area contributed by atoms with E-state index in [9.17, 15) is 13.2 Å². The summed E-state index contributed by atoms with van der Waals surface area (Å²) in [6.45, 7) is 7.12. The van der Waals surface area contributed by atoms with Crippen molar-refractivity contribution < 1.29 is 13.2 Å². The molecule has 8 nitrogen and oxygen atoms in total. The van der Waals surface area contributed by atoms with Crippen molar-refractivity contribution in [2.24, 2.45) is 0 Å². The quantitative estimate of drug-likeness (QED) is 0.743. The van der Waals surface area contributed by atoms with Crippen molar-refractivity contribution in [2.75, 3.05) is 23.7 Å². The number of benzene rings is 1. The van der Waals surface area contributed by atoms with Crippen LogP contribution >= 0.6 is 0 Å². The SMILES string of the molecule is CC(C)n1cnc([C@H]2CN(S(C)(=O)=O)c3ccc(C(=O)N4CCCC[C@@H]4C)cc32)n1. The number of aromatic nitrogens is 3. The summed E-state index contributed by atoms with van der Waals surface area (Å²) in [5, 5.41) is 4.57. The summed E-state index contributed by atoms with van der Waals surface area (Å²) in [4.78, 5) is 19.6. The highest BCUT2D eigenvalue weighted by atomic mass is 32.2. The van der Waals surface area contributed by atoms with E-state index in [-0.39, 0.29) is 30.5 Å². The second kappa shape index (κ2) is 7.68. The molecule has 1 aromatic heterocycles. The van der Waals surface area contributed by atoms with E-state index in [4.69, 9.17) is 0 Å². The number of carbonyl (C=O) groups excluding carboxylic acids is 1. The Kier molecular flexibility index (Phi) is 5.34. The molecule has 0 unspecified atom stereocenters. The maximum Gasteiger partial charge on any atom is 0.254 e. The molecule has 2 aromatic rings. The second-order valence-corrected chi connectivity index (χ2v) is 10.5. The molecular weight excluding hydrogens is 402 g/mol. The second-order valence-electron chi connectivity index (χ2n) is 8.64. The molecule has 0 radical (unpaired) electrons. The van der Waals surface area contributed by atoms with E-state index in [1.807, 2.05) is 24.8 Å². The van der Waals surface area contributed by atoms with Gasteiger partial charge in [0, 0.05) is 30.7 Å². The van der Waals surface area contributed by atoms with E-state index in [0.717, 1.165) is 31.4 Å². The van der Waals surface area contributed by atoms with Gasteiger partial charge in [-0.15, -0.1) is 0 Å². The molecule has 0 N–H and O–H groups in total. The molecule has 1 saturated heterocycles. The van der Waals surface area contributed by atoms with Crippen LogP contribution in [0.3, 0.4) is 0 Å². The highest BCUT2D eigenvalue weighted by Crippen LogP contribution is 2.41. The molecule has 2 aliphatic heterocycles. The molecule has 0 saturated carbocycles. The van der Waals surface area contributed by atoms with Gasteiger partial charge in [0.25, 0.3) is 5.91 Å². The molecular formula is C21H29N5O3S. The summed E-state index contributed by atoms with van der Waals surface area (Å²) in [6, 6.07) is 5.70. The van der Waals surface area contributed by atoms with Gasteiger partial charge in [-0.05, 0) is 63.8 Å². The third-order valence-electron chi connectivity index (χ3n) is 6.10. The zero-order valence-corrected chi connectivity index (χ0v) is 18.8. The molecule has 162 valence electrons.